The van der Waals surface area contributed by atoms with Gasteiger partial charge >= 0.3 is 0 Å². The standard InChI is InChI=1S/C37H46ClN7O3/c1-45-34(20-26-22-42-31-14-3-2-11-28(26)31)36(47)43-23-29-27(12-7-13-30(29)38)25-10-6-9-24(19-25)21-41-32(16-8-18-40)35(46)44-33(37(45)48)15-4-5-17-39/h2-3,6-7,9-14,19,22,32-34,41-42H,4-5,8,15-18,20-21,23,39-40H2,1H3,(H,43,47)(H,44,46). The van der Waals surface area contributed by atoms with Gasteiger partial charge in [-0.2, -0.15) is 0 Å². The van der Waals surface area contributed by atoms with Crippen LogP contribution in [-0.2, 0) is 33.9 Å². The van der Waals surface area contributed by atoms with Crippen LogP contribution in [0.2, 0.25) is 5.02 Å². The zero-order valence-corrected chi connectivity index (χ0v) is 28.2. The summed E-state index contributed by atoms with van der Waals surface area (Å²) < 4.78 is 0. The molecule has 10 nitrogen and oxygen atoms in total. The smallest absolute Gasteiger partial charge is 0.245 e. The average molecular weight is 672 g/mol. The molecule has 0 aliphatic carbocycles. The lowest BCUT2D eigenvalue weighted by Crippen LogP contribution is -2.57. The molecule has 2 bridgehead atoms. The molecule has 3 amide bonds. The summed E-state index contributed by atoms with van der Waals surface area (Å²) in [5.74, 6) is -0.944. The van der Waals surface area contributed by atoms with Crippen LogP contribution < -0.4 is 27.4 Å². The Bertz CT molecular complexity index is 1720. The molecular formula is C37H46ClN7O3. The van der Waals surface area contributed by atoms with Crippen LogP contribution in [0.25, 0.3) is 22.0 Å². The van der Waals surface area contributed by atoms with Gasteiger partial charge in [-0.1, -0.05) is 60.1 Å². The maximum atomic E-state index is 14.3. The monoisotopic (exact) mass is 671 g/mol. The van der Waals surface area contributed by atoms with E-state index in [2.05, 4.69) is 27.0 Å². The first kappa shape index (κ1) is 35.1. The Balaban J connectivity index is 1.56. The number of carbonyl (C=O) groups is 3. The second-order valence-corrected chi connectivity index (χ2v) is 12.8. The number of H-pyrrole nitrogens is 1. The van der Waals surface area contributed by atoms with Crippen LogP contribution in [0.1, 0.15) is 48.8 Å². The number of nitrogens with one attached hydrogen (secondary N) is 4. The highest BCUT2D eigenvalue weighted by Crippen LogP contribution is 2.30. The minimum atomic E-state index is -0.873. The number of aromatic nitrogens is 1. The lowest BCUT2D eigenvalue weighted by Gasteiger charge is -2.32. The van der Waals surface area contributed by atoms with Crippen LogP contribution in [0.5, 0.6) is 0 Å². The number of nitrogens with zero attached hydrogens (tertiary/aromatic N) is 1. The molecule has 0 spiro atoms. The van der Waals surface area contributed by atoms with Gasteiger partial charge in [0.1, 0.15) is 12.1 Å². The van der Waals surface area contributed by atoms with E-state index in [-0.39, 0.29) is 30.7 Å². The summed E-state index contributed by atoms with van der Waals surface area (Å²) in [6, 6.07) is 19.3. The Hall–Kier alpha value is -4.22. The predicted molar refractivity (Wildman–Crippen MR) is 191 cm³/mol. The highest BCUT2D eigenvalue weighted by molar-refractivity contribution is 6.31. The number of para-hydroxylation sites is 1. The minimum absolute atomic E-state index is 0.167. The lowest BCUT2D eigenvalue weighted by atomic mass is 9.97. The van der Waals surface area contributed by atoms with Gasteiger partial charge in [-0.25, -0.2) is 0 Å². The van der Waals surface area contributed by atoms with Gasteiger partial charge in [-0.3, -0.25) is 14.4 Å². The first-order chi connectivity index (χ1) is 23.3. The number of halogens is 1. The van der Waals surface area contributed by atoms with Crippen molar-refractivity contribution in [2.75, 3.05) is 20.1 Å². The molecule has 1 aromatic heterocycles. The molecule has 3 atom stereocenters. The summed E-state index contributed by atoms with van der Waals surface area (Å²) >= 11 is 6.76. The van der Waals surface area contributed by atoms with E-state index >= 15 is 0 Å². The molecule has 1 aliphatic heterocycles. The van der Waals surface area contributed by atoms with E-state index in [1.54, 1.807) is 7.05 Å². The molecule has 5 rings (SSSR count). The van der Waals surface area contributed by atoms with Crippen molar-refractivity contribution in [2.24, 2.45) is 11.5 Å². The fraction of sp³-hybridized carbons (Fsp3) is 0.378. The molecule has 11 heteroatoms. The van der Waals surface area contributed by atoms with Gasteiger partial charge in [-0.15, -0.1) is 0 Å². The first-order valence-electron chi connectivity index (χ1n) is 16.7. The maximum Gasteiger partial charge on any atom is 0.245 e. The van der Waals surface area contributed by atoms with Gasteiger partial charge in [0.15, 0.2) is 0 Å². The molecule has 3 aromatic carbocycles. The number of fused-ring (bicyclic) bond motifs is 5. The molecule has 0 saturated carbocycles. The molecule has 0 fully saturated rings. The quantitative estimate of drug-likeness (QED) is 0.148. The Morgan fingerprint density at radius 3 is 2.44 bits per heavy atom. The van der Waals surface area contributed by atoms with Gasteiger partial charge in [0, 0.05) is 48.7 Å². The van der Waals surface area contributed by atoms with Crippen LogP contribution in [0.3, 0.4) is 0 Å². The van der Waals surface area contributed by atoms with E-state index in [0.717, 1.165) is 38.7 Å². The van der Waals surface area contributed by atoms with Crippen molar-refractivity contribution in [3.63, 3.8) is 0 Å². The first-order valence-corrected chi connectivity index (χ1v) is 17.1. The third-order valence-electron chi connectivity index (χ3n) is 9.13. The van der Waals surface area contributed by atoms with Gasteiger partial charge in [0.05, 0.1) is 6.04 Å². The Labute approximate surface area is 287 Å². The molecule has 1 aliphatic rings. The maximum absolute atomic E-state index is 14.3. The van der Waals surface area contributed by atoms with Crippen LogP contribution in [-0.4, -0.2) is 65.9 Å². The summed E-state index contributed by atoms with van der Waals surface area (Å²) in [7, 11) is 1.63. The van der Waals surface area contributed by atoms with Gasteiger partial charge < -0.3 is 37.3 Å². The molecule has 254 valence electrons. The summed E-state index contributed by atoms with van der Waals surface area (Å²) in [6.07, 6.45) is 5.02. The summed E-state index contributed by atoms with van der Waals surface area (Å²) in [5.41, 5.74) is 17.1. The number of benzene rings is 3. The van der Waals surface area contributed by atoms with Crippen molar-refractivity contribution in [3.8, 4) is 11.1 Å². The molecular weight excluding hydrogens is 626 g/mol. The van der Waals surface area contributed by atoms with Crippen LogP contribution in [0.4, 0.5) is 0 Å². The third kappa shape index (κ3) is 8.43. The Kier molecular flexibility index (Phi) is 12.2. The Morgan fingerprint density at radius 1 is 0.854 bits per heavy atom. The summed E-state index contributed by atoms with van der Waals surface area (Å²) in [4.78, 5) is 47.1. The SMILES string of the molecule is CN1C(=O)C(CCCCN)NC(=O)C(CCCN)NCc2cccc(c2)-c2cccc(Cl)c2CNC(=O)C1Cc1c[nH]c2ccccc12. The van der Waals surface area contributed by atoms with E-state index in [4.69, 9.17) is 23.1 Å². The number of unbranched alkanes of at least 4 members (excludes halogenated alkanes) is 1. The number of carbonyl (C=O) groups excluding carboxylic acids is 3. The molecule has 2 heterocycles. The van der Waals surface area contributed by atoms with Gasteiger partial charge in [-0.05, 0) is 91.2 Å². The number of amides is 3. The molecule has 8 N–H and O–H groups in total. The Morgan fingerprint density at radius 2 is 1.62 bits per heavy atom. The third-order valence-corrected chi connectivity index (χ3v) is 9.48. The zero-order valence-electron chi connectivity index (χ0n) is 27.4. The topological polar surface area (TPSA) is 158 Å². The largest absolute Gasteiger partial charge is 0.361 e. The van der Waals surface area contributed by atoms with Crippen molar-refractivity contribution in [1.29, 1.82) is 0 Å². The number of rotatable bonds is 9. The molecule has 48 heavy (non-hydrogen) atoms. The molecule has 0 radical (unpaired) electrons. The number of likely N-dealkylation sites (N-methyl/N-ethyl adjacent to an activating group) is 1. The fourth-order valence-electron chi connectivity index (χ4n) is 6.38. The van der Waals surface area contributed by atoms with Crippen LogP contribution in [0.15, 0.2) is 72.9 Å². The van der Waals surface area contributed by atoms with E-state index in [9.17, 15) is 14.4 Å². The molecule has 0 saturated heterocycles. The zero-order chi connectivity index (χ0) is 34.0. The summed E-state index contributed by atoms with van der Waals surface area (Å²) in [6.45, 7) is 1.51. The number of aromatic amines is 1. The van der Waals surface area contributed by atoms with Gasteiger partial charge in [0.2, 0.25) is 17.7 Å². The average Bonchev–Trinajstić information content (AvgIpc) is 3.51. The summed E-state index contributed by atoms with van der Waals surface area (Å²) in [5, 5.41) is 11.0. The second kappa shape index (κ2) is 16.7. The van der Waals surface area contributed by atoms with Crippen molar-refractivity contribution < 1.29 is 14.4 Å². The predicted octanol–water partition coefficient (Wildman–Crippen LogP) is 4.00. The number of hydrogen-bond donors (Lipinski definition) is 6. The van der Waals surface area contributed by atoms with E-state index in [0.29, 0.717) is 56.8 Å². The van der Waals surface area contributed by atoms with Crippen LogP contribution in [0, 0.1) is 0 Å². The van der Waals surface area contributed by atoms with E-state index < -0.39 is 18.1 Å². The van der Waals surface area contributed by atoms with E-state index in [1.807, 2.05) is 66.9 Å². The van der Waals surface area contributed by atoms with E-state index in [1.165, 1.54) is 4.90 Å². The van der Waals surface area contributed by atoms with Gasteiger partial charge in [0.25, 0.3) is 0 Å². The minimum Gasteiger partial charge on any atom is -0.361 e. The van der Waals surface area contributed by atoms with Crippen molar-refractivity contribution in [1.82, 2.24) is 25.8 Å². The fourth-order valence-corrected chi connectivity index (χ4v) is 6.62. The highest BCUT2D eigenvalue weighted by Gasteiger charge is 2.34. The van der Waals surface area contributed by atoms with Crippen molar-refractivity contribution in [3.05, 3.63) is 94.6 Å². The van der Waals surface area contributed by atoms with Crippen LogP contribution >= 0.6 is 11.6 Å². The normalized spacial score (nSPS) is 19.5. The molecule has 3 unspecified atom stereocenters. The van der Waals surface area contributed by atoms with Crippen molar-refractivity contribution >= 4 is 40.2 Å². The number of hydrogen-bond acceptors (Lipinski definition) is 6. The lowest BCUT2D eigenvalue weighted by molar-refractivity contribution is -0.142. The molecule has 4 aromatic rings. The number of nitrogens with two attached hydrogens (primary N) is 2. The van der Waals surface area contributed by atoms with Crippen molar-refractivity contribution in [2.45, 2.75) is 69.7 Å². The second-order valence-electron chi connectivity index (χ2n) is 12.4. The highest BCUT2D eigenvalue weighted by atomic mass is 35.5.